The predicted octanol–water partition coefficient (Wildman–Crippen LogP) is 2.96. The number of benzene rings is 1. The molecule has 2 rings (SSSR count). The van der Waals surface area contributed by atoms with E-state index < -0.39 is 6.09 Å². The molecule has 0 fully saturated rings. The Labute approximate surface area is 146 Å². The first-order valence-corrected chi connectivity index (χ1v) is 7.81. The van der Waals surface area contributed by atoms with E-state index in [-0.39, 0.29) is 5.97 Å². The highest BCUT2D eigenvalue weighted by Gasteiger charge is 2.11. The number of carbonyl (C=O) groups excluding carboxylic acids is 2. The van der Waals surface area contributed by atoms with Crippen LogP contribution in [0.4, 0.5) is 4.79 Å². The van der Waals surface area contributed by atoms with Crippen LogP contribution in [-0.2, 0) is 9.47 Å². The minimum Gasteiger partial charge on any atom is -0.462 e. The van der Waals surface area contributed by atoms with Crippen molar-refractivity contribution in [1.82, 2.24) is 9.99 Å². The van der Waals surface area contributed by atoms with Gasteiger partial charge in [-0.25, -0.2) is 15.0 Å². The molecule has 1 heterocycles. The zero-order valence-corrected chi connectivity index (χ0v) is 14.7. The topological polar surface area (TPSA) is 81.9 Å². The minimum absolute atomic E-state index is 0.336. The standard InChI is InChI=1S/C18H21N3O4/c1-5-25-17(22)14-6-8-16(9-7-14)21-12(2)10-15(13(21)3)11-19-20-18(23)24-4/h6-11H,5H2,1-4H3,(H,20,23)/b19-11+. The zero-order valence-electron chi connectivity index (χ0n) is 14.7. The maximum absolute atomic E-state index is 11.7. The number of nitrogens with one attached hydrogen (secondary N) is 1. The maximum atomic E-state index is 11.7. The molecule has 0 saturated heterocycles. The first-order chi connectivity index (χ1) is 12.0. The van der Waals surface area contributed by atoms with Gasteiger partial charge in [0.05, 0.1) is 25.5 Å². The van der Waals surface area contributed by atoms with Gasteiger partial charge in [-0.3, -0.25) is 0 Å². The van der Waals surface area contributed by atoms with Crippen LogP contribution in [0.25, 0.3) is 5.69 Å². The minimum atomic E-state index is -0.625. The highest BCUT2D eigenvalue weighted by atomic mass is 16.5. The summed E-state index contributed by atoms with van der Waals surface area (Å²) in [7, 11) is 1.27. The van der Waals surface area contributed by atoms with Gasteiger partial charge >= 0.3 is 12.1 Å². The monoisotopic (exact) mass is 343 g/mol. The Hall–Kier alpha value is -3.09. The average molecular weight is 343 g/mol. The Bertz CT molecular complexity index is 791. The molecule has 2 aromatic rings. The number of aromatic nitrogens is 1. The molecule has 0 saturated carbocycles. The largest absolute Gasteiger partial charge is 0.462 e. The lowest BCUT2D eigenvalue weighted by molar-refractivity contribution is 0.0526. The van der Waals surface area contributed by atoms with Crippen molar-refractivity contribution >= 4 is 18.3 Å². The third-order valence-corrected chi connectivity index (χ3v) is 3.65. The first-order valence-electron chi connectivity index (χ1n) is 7.81. The van der Waals surface area contributed by atoms with Crippen molar-refractivity contribution in [3.8, 4) is 5.69 Å². The van der Waals surface area contributed by atoms with Crippen LogP contribution in [0.1, 0.15) is 34.2 Å². The van der Waals surface area contributed by atoms with E-state index in [4.69, 9.17) is 4.74 Å². The molecule has 0 aliphatic carbocycles. The zero-order chi connectivity index (χ0) is 18.4. The molecule has 1 N–H and O–H groups in total. The number of amides is 1. The van der Waals surface area contributed by atoms with Crippen LogP contribution in [-0.4, -0.2) is 36.6 Å². The van der Waals surface area contributed by atoms with E-state index in [0.717, 1.165) is 22.6 Å². The Morgan fingerprint density at radius 2 is 1.92 bits per heavy atom. The molecule has 25 heavy (non-hydrogen) atoms. The fourth-order valence-corrected chi connectivity index (χ4v) is 2.48. The summed E-state index contributed by atoms with van der Waals surface area (Å²) >= 11 is 0. The third kappa shape index (κ3) is 4.26. The van der Waals surface area contributed by atoms with E-state index in [0.29, 0.717) is 12.2 Å². The normalized spacial score (nSPS) is 10.7. The van der Waals surface area contributed by atoms with Crippen LogP contribution in [0.15, 0.2) is 35.4 Å². The van der Waals surface area contributed by atoms with Crippen molar-refractivity contribution in [2.45, 2.75) is 20.8 Å². The van der Waals surface area contributed by atoms with Crippen LogP contribution < -0.4 is 5.43 Å². The maximum Gasteiger partial charge on any atom is 0.427 e. The van der Waals surface area contributed by atoms with Gasteiger partial charge in [0.2, 0.25) is 0 Å². The Morgan fingerprint density at radius 1 is 1.24 bits per heavy atom. The van der Waals surface area contributed by atoms with Gasteiger partial charge in [-0.15, -0.1) is 0 Å². The fraction of sp³-hybridized carbons (Fsp3) is 0.278. The second-order valence-electron chi connectivity index (χ2n) is 5.29. The number of carbonyl (C=O) groups is 2. The predicted molar refractivity (Wildman–Crippen MR) is 94.3 cm³/mol. The Kier molecular flexibility index (Phi) is 5.94. The summed E-state index contributed by atoms with van der Waals surface area (Å²) in [5.41, 5.74) is 6.51. The molecule has 0 aliphatic rings. The van der Waals surface area contributed by atoms with Crippen LogP contribution in [0.3, 0.4) is 0 Å². The van der Waals surface area contributed by atoms with E-state index >= 15 is 0 Å². The van der Waals surface area contributed by atoms with Crippen molar-refractivity contribution in [2.75, 3.05) is 13.7 Å². The van der Waals surface area contributed by atoms with Crippen molar-refractivity contribution in [3.63, 3.8) is 0 Å². The lowest BCUT2D eigenvalue weighted by Crippen LogP contribution is -2.16. The first kappa shape index (κ1) is 18.3. The van der Waals surface area contributed by atoms with Gasteiger partial charge < -0.3 is 14.0 Å². The number of aryl methyl sites for hydroxylation is 1. The van der Waals surface area contributed by atoms with Crippen LogP contribution >= 0.6 is 0 Å². The average Bonchev–Trinajstić information content (AvgIpc) is 2.89. The summed E-state index contributed by atoms with van der Waals surface area (Å²) in [6.45, 7) is 6.04. The number of hydrogen-bond acceptors (Lipinski definition) is 5. The fourth-order valence-electron chi connectivity index (χ4n) is 2.48. The molecular weight excluding hydrogens is 322 g/mol. The Morgan fingerprint density at radius 3 is 2.52 bits per heavy atom. The Balaban J connectivity index is 2.25. The molecule has 0 spiro atoms. The summed E-state index contributed by atoms with van der Waals surface area (Å²) in [4.78, 5) is 22.8. The van der Waals surface area contributed by atoms with E-state index in [1.54, 1.807) is 25.3 Å². The van der Waals surface area contributed by atoms with E-state index in [9.17, 15) is 9.59 Å². The van der Waals surface area contributed by atoms with Gasteiger partial charge in [-0.05, 0) is 51.1 Å². The van der Waals surface area contributed by atoms with Gasteiger partial charge in [-0.1, -0.05) is 0 Å². The molecule has 0 unspecified atom stereocenters. The van der Waals surface area contributed by atoms with Crippen LogP contribution in [0.2, 0.25) is 0 Å². The summed E-state index contributed by atoms with van der Waals surface area (Å²) < 4.78 is 11.5. The smallest absolute Gasteiger partial charge is 0.427 e. The third-order valence-electron chi connectivity index (χ3n) is 3.65. The van der Waals surface area contributed by atoms with Crippen molar-refractivity contribution < 1.29 is 19.1 Å². The molecule has 7 heteroatoms. The van der Waals surface area contributed by atoms with Gasteiger partial charge in [0.25, 0.3) is 0 Å². The molecule has 0 radical (unpaired) electrons. The number of methoxy groups -OCH3 is 1. The molecule has 1 aromatic heterocycles. The van der Waals surface area contributed by atoms with Gasteiger partial charge in [-0.2, -0.15) is 5.10 Å². The van der Waals surface area contributed by atoms with Gasteiger partial charge in [0, 0.05) is 22.6 Å². The van der Waals surface area contributed by atoms with Crippen molar-refractivity contribution in [3.05, 3.63) is 52.8 Å². The SMILES string of the molecule is CCOC(=O)c1ccc(-n2c(C)cc(/C=N/NC(=O)OC)c2C)cc1. The number of rotatable bonds is 5. The quantitative estimate of drug-likeness (QED) is 0.514. The van der Waals surface area contributed by atoms with E-state index in [1.807, 2.05) is 36.6 Å². The molecule has 0 aliphatic heterocycles. The van der Waals surface area contributed by atoms with Gasteiger partial charge in [0.15, 0.2) is 0 Å². The van der Waals surface area contributed by atoms with Crippen LogP contribution in [0, 0.1) is 13.8 Å². The second-order valence-corrected chi connectivity index (χ2v) is 5.29. The van der Waals surface area contributed by atoms with Crippen molar-refractivity contribution in [2.24, 2.45) is 5.10 Å². The molecule has 1 aromatic carbocycles. The number of hydrazone groups is 1. The summed E-state index contributed by atoms with van der Waals surface area (Å²) in [5, 5.41) is 3.86. The summed E-state index contributed by atoms with van der Waals surface area (Å²) in [6, 6.07) is 9.15. The van der Waals surface area contributed by atoms with E-state index in [2.05, 4.69) is 15.3 Å². The molecule has 7 nitrogen and oxygen atoms in total. The molecular formula is C18H21N3O4. The lowest BCUT2D eigenvalue weighted by Gasteiger charge is -2.10. The van der Waals surface area contributed by atoms with E-state index in [1.165, 1.54) is 7.11 Å². The molecule has 0 atom stereocenters. The molecule has 1 amide bonds. The summed E-state index contributed by atoms with van der Waals surface area (Å²) in [5.74, 6) is -0.336. The number of ether oxygens (including phenoxy) is 2. The van der Waals surface area contributed by atoms with Crippen molar-refractivity contribution in [1.29, 1.82) is 0 Å². The molecule has 0 bridgehead atoms. The molecule has 132 valence electrons. The number of nitrogens with zero attached hydrogens (tertiary/aromatic N) is 2. The highest BCUT2D eigenvalue weighted by Crippen LogP contribution is 2.20. The second kappa shape index (κ2) is 8.14. The van der Waals surface area contributed by atoms with Crippen LogP contribution in [0.5, 0.6) is 0 Å². The highest BCUT2D eigenvalue weighted by molar-refractivity contribution is 5.89. The summed E-state index contributed by atoms with van der Waals surface area (Å²) in [6.07, 6.45) is 0.933. The van der Waals surface area contributed by atoms with Gasteiger partial charge in [0.1, 0.15) is 0 Å². The lowest BCUT2D eigenvalue weighted by atomic mass is 10.2. The number of hydrogen-bond donors (Lipinski definition) is 1. The number of esters is 1.